The molecule has 1 amide bonds. The SMILES string of the molecule is O=C(CCOc1ccccc1)Nc1ccc(NCc2ccco2)cc1. The third kappa shape index (κ3) is 5.42. The molecule has 0 atom stereocenters. The molecule has 0 saturated carbocycles. The maximum absolute atomic E-state index is 11.9. The first-order valence-electron chi connectivity index (χ1n) is 8.13. The zero-order valence-corrected chi connectivity index (χ0v) is 13.8. The number of ether oxygens (including phenoxy) is 1. The molecule has 0 bridgehead atoms. The predicted octanol–water partition coefficient (Wildman–Crippen LogP) is 4.30. The zero-order valence-electron chi connectivity index (χ0n) is 13.8. The molecular weight excluding hydrogens is 316 g/mol. The van der Waals surface area contributed by atoms with Crippen LogP contribution in [-0.2, 0) is 11.3 Å². The minimum atomic E-state index is -0.0766. The van der Waals surface area contributed by atoms with Crippen LogP contribution in [0.4, 0.5) is 11.4 Å². The third-order valence-electron chi connectivity index (χ3n) is 3.56. The van der Waals surface area contributed by atoms with Crippen LogP contribution in [0.25, 0.3) is 0 Å². The average molecular weight is 336 g/mol. The van der Waals surface area contributed by atoms with Gasteiger partial charge in [-0.2, -0.15) is 0 Å². The molecule has 25 heavy (non-hydrogen) atoms. The van der Waals surface area contributed by atoms with Crippen molar-refractivity contribution in [2.24, 2.45) is 0 Å². The first-order valence-corrected chi connectivity index (χ1v) is 8.13. The third-order valence-corrected chi connectivity index (χ3v) is 3.56. The highest BCUT2D eigenvalue weighted by atomic mass is 16.5. The number of hydrogen-bond acceptors (Lipinski definition) is 4. The van der Waals surface area contributed by atoms with Crippen LogP contribution < -0.4 is 15.4 Å². The molecule has 0 saturated heterocycles. The summed E-state index contributed by atoms with van der Waals surface area (Å²) in [7, 11) is 0. The Hall–Kier alpha value is -3.21. The lowest BCUT2D eigenvalue weighted by atomic mass is 10.2. The topological polar surface area (TPSA) is 63.5 Å². The van der Waals surface area contributed by atoms with E-state index in [2.05, 4.69) is 10.6 Å². The molecule has 2 aromatic carbocycles. The van der Waals surface area contributed by atoms with Crippen molar-refractivity contribution in [3.8, 4) is 5.75 Å². The summed E-state index contributed by atoms with van der Waals surface area (Å²) in [5.74, 6) is 1.56. The van der Waals surface area contributed by atoms with Crippen molar-refractivity contribution >= 4 is 17.3 Å². The lowest BCUT2D eigenvalue weighted by Crippen LogP contribution is -2.15. The van der Waals surface area contributed by atoms with Crippen LogP contribution in [0.15, 0.2) is 77.4 Å². The number of carbonyl (C=O) groups is 1. The van der Waals surface area contributed by atoms with E-state index < -0.39 is 0 Å². The second kappa shape index (κ2) is 8.59. The summed E-state index contributed by atoms with van der Waals surface area (Å²) in [6, 6.07) is 20.8. The molecule has 0 unspecified atom stereocenters. The summed E-state index contributed by atoms with van der Waals surface area (Å²) in [5.41, 5.74) is 1.72. The Labute approximate surface area is 146 Å². The molecule has 3 aromatic rings. The molecule has 0 fully saturated rings. The lowest BCUT2D eigenvalue weighted by molar-refractivity contribution is -0.116. The van der Waals surface area contributed by atoms with Crippen molar-refractivity contribution in [3.63, 3.8) is 0 Å². The van der Waals surface area contributed by atoms with Gasteiger partial charge in [0.05, 0.1) is 25.8 Å². The minimum absolute atomic E-state index is 0.0766. The number of carbonyl (C=O) groups excluding carboxylic acids is 1. The fourth-order valence-corrected chi connectivity index (χ4v) is 2.28. The number of benzene rings is 2. The average Bonchev–Trinajstić information content (AvgIpc) is 3.16. The summed E-state index contributed by atoms with van der Waals surface area (Å²) in [4.78, 5) is 11.9. The second-order valence-electron chi connectivity index (χ2n) is 5.47. The van der Waals surface area contributed by atoms with E-state index >= 15 is 0 Å². The van der Waals surface area contributed by atoms with Crippen LogP contribution in [0.5, 0.6) is 5.75 Å². The fraction of sp³-hybridized carbons (Fsp3) is 0.150. The van der Waals surface area contributed by atoms with Gasteiger partial charge in [-0.25, -0.2) is 0 Å². The number of para-hydroxylation sites is 1. The Morgan fingerprint density at radius 2 is 1.68 bits per heavy atom. The number of nitrogens with one attached hydrogen (secondary N) is 2. The molecule has 3 rings (SSSR count). The monoisotopic (exact) mass is 336 g/mol. The van der Waals surface area contributed by atoms with Gasteiger partial charge in [-0.05, 0) is 48.5 Å². The van der Waals surface area contributed by atoms with Crippen molar-refractivity contribution in [1.29, 1.82) is 0 Å². The van der Waals surface area contributed by atoms with Crippen LogP contribution >= 0.6 is 0 Å². The van der Waals surface area contributed by atoms with Gasteiger partial charge in [0.15, 0.2) is 0 Å². The maximum Gasteiger partial charge on any atom is 0.227 e. The second-order valence-corrected chi connectivity index (χ2v) is 5.47. The Bertz CT molecular complexity index is 768. The van der Waals surface area contributed by atoms with Gasteiger partial charge >= 0.3 is 0 Å². The van der Waals surface area contributed by atoms with Gasteiger partial charge in [-0.3, -0.25) is 4.79 Å². The van der Waals surface area contributed by atoms with Gasteiger partial charge < -0.3 is 19.8 Å². The van der Waals surface area contributed by atoms with Crippen LogP contribution in [-0.4, -0.2) is 12.5 Å². The molecule has 5 nitrogen and oxygen atoms in total. The van der Waals surface area contributed by atoms with E-state index in [1.165, 1.54) is 0 Å². The lowest BCUT2D eigenvalue weighted by Gasteiger charge is -2.09. The van der Waals surface area contributed by atoms with Gasteiger partial charge in [0.1, 0.15) is 11.5 Å². The molecule has 128 valence electrons. The van der Waals surface area contributed by atoms with Crippen LogP contribution in [0.2, 0.25) is 0 Å². The largest absolute Gasteiger partial charge is 0.493 e. The number of hydrogen-bond donors (Lipinski definition) is 2. The van der Waals surface area contributed by atoms with Crippen LogP contribution in [0.3, 0.4) is 0 Å². The van der Waals surface area contributed by atoms with E-state index in [4.69, 9.17) is 9.15 Å². The van der Waals surface area contributed by atoms with E-state index in [1.807, 2.05) is 66.7 Å². The fourth-order valence-electron chi connectivity index (χ4n) is 2.28. The van der Waals surface area contributed by atoms with Crippen molar-refractivity contribution in [2.75, 3.05) is 17.2 Å². The molecular formula is C20H20N2O3. The Kier molecular flexibility index (Phi) is 5.72. The number of anilines is 2. The predicted molar refractivity (Wildman–Crippen MR) is 97.7 cm³/mol. The van der Waals surface area contributed by atoms with E-state index in [-0.39, 0.29) is 5.91 Å². The molecule has 0 radical (unpaired) electrons. The molecule has 2 N–H and O–H groups in total. The van der Waals surface area contributed by atoms with E-state index in [0.29, 0.717) is 19.6 Å². The number of amides is 1. The Balaban J connectivity index is 1.40. The number of rotatable bonds is 8. The first-order chi connectivity index (χ1) is 12.3. The summed E-state index contributed by atoms with van der Waals surface area (Å²) in [5, 5.41) is 6.11. The molecule has 0 aliphatic rings. The molecule has 0 aliphatic carbocycles. The summed E-state index contributed by atoms with van der Waals surface area (Å²) >= 11 is 0. The zero-order chi connectivity index (χ0) is 17.3. The van der Waals surface area contributed by atoms with Crippen LogP contribution in [0, 0.1) is 0 Å². The summed E-state index contributed by atoms with van der Waals surface area (Å²) in [6.07, 6.45) is 1.95. The summed E-state index contributed by atoms with van der Waals surface area (Å²) < 4.78 is 10.8. The molecule has 1 heterocycles. The molecule has 1 aromatic heterocycles. The van der Waals surface area contributed by atoms with Gasteiger partial charge in [0, 0.05) is 11.4 Å². The molecule has 0 aliphatic heterocycles. The normalized spacial score (nSPS) is 10.2. The first kappa shape index (κ1) is 16.6. The van der Waals surface area contributed by atoms with E-state index in [9.17, 15) is 4.79 Å². The van der Waals surface area contributed by atoms with Crippen molar-refractivity contribution < 1.29 is 13.9 Å². The number of furan rings is 1. The van der Waals surface area contributed by atoms with Crippen LogP contribution in [0.1, 0.15) is 12.2 Å². The quantitative estimate of drug-likeness (QED) is 0.644. The highest BCUT2D eigenvalue weighted by molar-refractivity contribution is 5.90. The minimum Gasteiger partial charge on any atom is -0.493 e. The van der Waals surface area contributed by atoms with Crippen molar-refractivity contribution in [3.05, 3.63) is 78.8 Å². The summed E-state index contributed by atoms with van der Waals surface area (Å²) in [6.45, 7) is 0.966. The van der Waals surface area contributed by atoms with Gasteiger partial charge in [0.25, 0.3) is 0 Å². The standard InChI is InChI=1S/C20H20N2O3/c23-20(12-14-25-18-5-2-1-3-6-18)22-17-10-8-16(9-11-17)21-15-19-7-4-13-24-19/h1-11,13,21H,12,14-15H2,(H,22,23). The highest BCUT2D eigenvalue weighted by Gasteiger charge is 2.03. The molecule has 5 heteroatoms. The Morgan fingerprint density at radius 1 is 0.920 bits per heavy atom. The van der Waals surface area contributed by atoms with Gasteiger partial charge in [-0.15, -0.1) is 0 Å². The highest BCUT2D eigenvalue weighted by Crippen LogP contribution is 2.15. The Morgan fingerprint density at radius 3 is 2.40 bits per heavy atom. The molecule has 0 spiro atoms. The smallest absolute Gasteiger partial charge is 0.227 e. The van der Waals surface area contributed by atoms with Crippen molar-refractivity contribution in [2.45, 2.75) is 13.0 Å². The van der Waals surface area contributed by atoms with Gasteiger partial charge in [-0.1, -0.05) is 18.2 Å². The maximum atomic E-state index is 11.9. The van der Waals surface area contributed by atoms with Gasteiger partial charge in [0.2, 0.25) is 5.91 Å². The van der Waals surface area contributed by atoms with E-state index in [0.717, 1.165) is 22.9 Å². The van der Waals surface area contributed by atoms with Crippen molar-refractivity contribution in [1.82, 2.24) is 0 Å². The van der Waals surface area contributed by atoms with E-state index in [1.54, 1.807) is 6.26 Å².